The maximum absolute atomic E-state index is 5.29. The largest absolute Gasteiger partial charge is 0.480 e. The summed E-state index contributed by atoms with van der Waals surface area (Å²) in [6, 6.07) is 1.96. The second kappa shape index (κ2) is 5.79. The van der Waals surface area contributed by atoms with Crippen LogP contribution in [0.5, 0.6) is 5.88 Å². The molecule has 102 valence electrons. The molecule has 0 aromatic carbocycles. The fourth-order valence-electron chi connectivity index (χ4n) is 2.17. The Morgan fingerprint density at radius 2 is 2.11 bits per heavy atom. The second-order valence-corrected chi connectivity index (χ2v) is 4.20. The van der Waals surface area contributed by atoms with E-state index in [9.17, 15) is 0 Å². The average molecular weight is 261 g/mol. The molecule has 0 aliphatic heterocycles. The maximum Gasteiger partial charge on any atom is 0.237 e. The molecule has 0 bridgehead atoms. The van der Waals surface area contributed by atoms with E-state index in [1.165, 1.54) is 0 Å². The van der Waals surface area contributed by atoms with Gasteiger partial charge in [0.15, 0.2) is 0 Å². The molecule has 0 aliphatic carbocycles. The Morgan fingerprint density at radius 1 is 1.37 bits per heavy atom. The molecule has 0 fully saturated rings. The smallest absolute Gasteiger partial charge is 0.237 e. The topological polar surface area (TPSA) is 64.9 Å². The summed E-state index contributed by atoms with van der Waals surface area (Å²) in [4.78, 5) is 8.59. The average Bonchev–Trinajstić information content (AvgIpc) is 2.81. The lowest BCUT2D eigenvalue weighted by Crippen LogP contribution is -2.23. The summed E-state index contributed by atoms with van der Waals surface area (Å²) in [6.45, 7) is 4.86. The van der Waals surface area contributed by atoms with Gasteiger partial charge in [-0.3, -0.25) is 9.67 Å². The van der Waals surface area contributed by atoms with E-state index in [4.69, 9.17) is 4.74 Å². The number of rotatable bonds is 5. The Bertz CT molecular complexity index is 552. The Kier molecular flexibility index (Phi) is 4.11. The highest BCUT2D eigenvalue weighted by molar-refractivity contribution is 5.30. The van der Waals surface area contributed by atoms with Gasteiger partial charge in [0, 0.05) is 18.9 Å². The van der Waals surface area contributed by atoms with E-state index >= 15 is 0 Å². The minimum atomic E-state index is -0.0928. The van der Waals surface area contributed by atoms with Gasteiger partial charge in [-0.15, -0.1) is 0 Å². The number of nitrogens with one attached hydrogen (secondary N) is 1. The number of nitrogens with zero attached hydrogens (tertiary/aromatic N) is 4. The molecule has 1 N–H and O–H groups in total. The predicted molar refractivity (Wildman–Crippen MR) is 72.1 cm³/mol. The Morgan fingerprint density at radius 3 is 2.74 bits per heavy atom. The lowest BCUT2D eigenvalue weighted by atomic mass is 10.1. The molecule has 0 amide bonds. The Labute approximate surface area is 112 Å². The van der Waals surface area contributed by atoms with Crippen LogP contribution in [0.25, 0.3) is 0 Å². The van der Waals surface area contributed by atoms with Crippen molar-refractivity contribution in [2.75, 3.05) is 14.2 Å². The van der Waals surface area contributed by atoms with Crippen LogP contribution < -0.4 is 10.1 Å². The van der Waals surface area contributed by atoms with Crippen LogP contribution in [0.2, 0.25) is 0 Å². The lowest BCUT2D eigenvalue weighted by molar-refractivity contribution is 0.382. The molecule has 19 heavy (non-hydrogen) atoms. The summed E-state index contributed by atoms with van der Waals surface area (Å²) < 4.78 is 7.25. The van der Waals surface area contributed by atoms with E-state index < -0.39 is 0 Å². The summed E-state index contributed by atoms with van der Waals surface area (Å²) >= 11 is 0. The predicted octanol–water partition coefficient (Wildman–Crippen LogP) is 1.32. The second-order valence-electron chi connectivity index (χ2n) is 4.20. The van der Waals surface area contributed by atoms with Crippen LogP contribution in [0.4, 0.5) is 0 Å². The Balaban J connectivity index is 2.49. The SMILES string of the molecule is CCn1nc(C)cc1C(NC)c1nccnc1OC. The Hall–Kier alpha value is -1.95. The molecule has 2 rings (SSSR count). The highest BCUT2D eigenvalue weighted by Crippen LogP contribution is 2.26. The van der Waals surface area contributed by atoms with Crippen molar-refractivity contribution in [2.24, 2.45) is 0 Å². The van der Waals surface area contributed by atoms with Gasteiger partial charge in [0.05, 0.1) is 24.5 Å². The number of aromatic nitrogens is 4. The van der Waals surface area contributed by atoms with Crippen LogP contribution in [0.3, 0.4) is 0 Å². The van der Waals surface area contributed by atoms with Gasteiger partial charge in [0.25, 0.3) is 0 Å². The summed E-state index contributed by atoms with van der Waals surface area (Å²) in [6.07, 6.45) is 3.29. The van der Waals surface area contributed by atoms with Crippen molar-refractivity contribution in [2.45, 2.75) is 26.4 Å². The van der Waals surface area contributed by atoms with Gasteiger partial charge in [-0.25, -0.2) is 4.98 Å². The fraction of sp³-hybridized carbons (Fsp3) is 0.462. The van der Waals surface area contributed by atoms with Gasteiger partial charge in [-0.2, -0.15) is 5.10 Å². The van der Waals surface area contributed by atoms with Crippen LogP contribution in [-0.4, -0.2) is 33.9 Å². The molecular formula is C13H19N5O. The van der Waals surface area contributed by atoms with E-state index in [0.29, 0.717) is 5.88 Å². The fourth-order valence-corrected chi connectivity index (χ4v) is 2.17. The third kappa shape index (κ3) is 2.58. The third-order valence-corrected chi connectivity index (χ3v) is 2.98. The molecule has 0 saturated heterocycles. The van der Waals surface area contributed by atoms with Crippen molar-refractivity contribution in [1.29, 1.82) is 0 Å². The van der Waals surface area contributed by atoms with Crippen molar-refractivity contribution in [3.8, 4) is 5.88 Å². The van der Waals surface area contributed by atoms with E-state index in [2.05, 4.69) is 33.4 Å². The molecule has 0 radical (unpaired) electrons. The molecule has 6 nitrogen and oxygen atoms in total. The first-order valence-electron chi connectivity index (χ1n) is 6.27. The molecular weight excluding hydrogens is 242 g/mol. The standard InChI is InChI=1S/C13H19N5O/c1-5-18-10(8-9(2)17-18)11(14-3)12-13(19-4)16-7-6-15-12/h6-8,11,14H,5H2,1-4H3. The summed E-state index contributed by atoms with van der Waals surface area (Å²) in [5.74, 6) is 0.531. The molecule has 0 saturated carbocycles. The van der Waals surface area contributed by atoms with Crippen LogP contribution in [0, 0.1) is 6.92 Å². The zero-order valence-electron chi connectivity index (χ0n) is 11.7. The maximum atomic E-state index is 5.29. The molecule has 2 heterocycles. The number of hydrogen-bond acceptors (Lipinski definition) is 5. The van der Waals surface area contributed by atoms with Crippen molar-refractivity contribution < 1.29 is 4.74 Å². The minimum Gasteiger partial charge on any atom is -0.480 e. The summed E-state index contributed by atoms with van der Waals surface area (Å²) in [5, 5.41) is 7.72. The quantitative estimate of drug-likeness (QED) is 0.879. The number of methoxy groups -OCH3 is 1. The lowest BCUT2D eigenvalue weighted by Gasteiger charge is -2.18. The van der Waals surface area contributed by atoms with E-state index in [1.807, 2.05) is 18.7 Å². The summed E-state index contributed by atoms with van der Waals surface area (Å²) in [5.41, 5.74) is 2.81. The van der Waals surface area contributed by atoms with Crippen molar-refractivity contribution in [3.05, 3.63) is 35.5 Å². The third-order valence-electron chi connectivity index (χ3n) is 2.98. The molecule has 0 spiro atoms. The van der Waals surface area contributed by atoms with Crippen LogP contribution in [0.15, 0.2) is 18.5 Å². The first kappa shape index (κ1) is 13.5. The first-order chi connectivity index (χ1) is 9.21. The normalized spacial score (nSPS) is 12.4. The van der Waals surface area contributed by atoms with Gasteiger partial charge >= 0.3 is 0 Å². The van der Waals surface area contributed by atoms with Crippen molar-refractivity contribution in [1.82, 2.24) is 25.1 Å². The molecule has 1 atom stereocenters. The monoisotopic (exact) mass is 261 g/mol. The van der Waals surface area contributed by atoms with Crippen LogP contribution >= 0.6 is 0 Å². The minimum absolute atomic E-state index is 0.0928. The van der Waals surface area contributed by atoms with Gasteiger partial charge < -0.3 is 10.1 Å². The van der Waals surface area contributed by atoms with Gasteiger partial charge in [0.2, 0.25) is 5.88 Å². The van der Waals surface area contributed by atoms with Crippen molar-refractivity contribution >= 4 is 0 Å². The highest BCUT2D eigenvalue weighted by Gasteiger charge is 2.22. The zero-order valence-corrected chi connectivity index (χ0v) is 11.7. The van der Waals surface area contributed by atoms with E-state index in [1.54, 1.807) is 19.5 Å². The molecule has 6 heteroatoms. The molecule has 0 aliphatic rings. The number of hydrogen-bond donors (Lipinski definition) is 1. The van der Waals surface area contributed by atoms with Crippen LogP contribution in [0.1, 0.15) is 30.0 Å². The summed E-state index contributed by atoms with van der Waals surface area (Å²) in [7, 11) is 3.49. The molecule has 2 aromatic rings. The van der Waals surface area contributed by atoms with Crippen molar-refractivity contribution in [3.63, 3.8) is 0 Å². The van der Waals surface area contributed by atoms with Gasteiger partial charge in [-0.05, 0) is 27.0 Å². The van der Waals surface area contributed by atoms with Gasteiger partial charge in [0.1, 0.15) is 5.69 Å². The number of aryl methyl sites for hydroxylation is 2. The highest BCUT2D eigenvalue weighted by atomic mass is 16.5. The number of ether oxygens (including phenoxy) is 1. The van der Waals surface area contributed by atoms with E-state index in [-0.39, 0.29) is 6.04 Å². The molecule has 1 unspecified atom stereocenters. The molecule has 2 aromatic heterocycles. The zero-order chi connectivity index (χ0) is 13.8. The van der Waals surface area contributed by atoms with Crippen LogP contribution in [-0.2, 0) is 6.54 Å². The van der Waals surface area contributed by atoms with Gasteiger partial charge in [-0.1, -0.05) is 0 Å². The first-order valence-corrected chi connectivity index (χ1v) is 6.27. The van der Waals surface area contributed by atoms with E-state index in [0.717, 1.165) is 23.6 Å².